The van der Waals surface area contributed by atoms with Crippen LogP contribution in [0.5, 0.6) is 5.75 Å². The summed E-state index contributed by atoms with van der Waals surface area (Å²) in [7, 11) is 0. The van der Waals surface area contributed by atoms with Gasteiger partial charge < -0.3 is 10.5 Å². The highest BCUT2D eigenvalue weighted by Crippen LogP contribution is 2.29. The highest BCUT2D eigenvalue weighted by atomic mass is 16.5. The van der Waals surface area contributed by atoms with Gasteiger partial charge in [0.1, 0.15) is 5.75 Å². The summed E-state index contributed by atoms with van der Waals surface area (Å²) in [5.74, 6) is 0.321. The molecule has 1 aliphatic heterocycles. The molecule has 1 fully saturated rings. The molecule has 0 radical (unpaired) electrons. The minimum absolute atomic E-state index is 0.00719. The van der Waals surface area contributed by atoms with E-state index < -0.39 is 5.41 Å². The molecule has 1 unspecified atom stereocenters. The number of nitrogens with zero attached hydrogens (tertiary/aromatic N) is 1. The number of Topliss-reactive ketones (excluding diaryl/α,β-unsaturated/α-hetero) is 1. The number of primary amides is 1. The Morgan fingerprint density at radius 3 is 2.71 bits per heavy atom. The first-order chi connectivity index (χ1) is 9.96. The zero-order valence-corrected chi connectivity index (χ0v) is 12.6. The van der Waals surface area contributed by atoms with Gasteiger partial charge in [-0.25, -0.2) is 0 Å². The lowest BCUT2D eigenvalue weighted by Gasteiger charge is -2.20. The molecule has 1 heterocycles. The van der Waals surface area contributed by atoms with E-state index in [1.54, 1.807) is 12.1 Å². The van der Waals surface area contributed by atoms with Crippen molar-refractivity contribution in [1.82, 2.24) is 4.90 Å². The van der Waals surface area contributed by atoms with E-state index in [-0.39, 0.29) is 18.2 Å². The molecule has 0 bridgehead atoms. The average molecular weight is 290 g/mol. The van der Waals surface area contributed by atoms with Crippen molar-refractivity contribution in [2.45, 2.75) is 20.3 Å². The Morgan fingerprint density at radius 1 is 1.38 bits per heavy atom. The summed E-state index contributed by atoms with van der Waals surface area (Å²) in [6, 6.07) is 7.25. The first-order valence-electron chi connectivity index (χ1n) is 7.23. The number of carbonyl (C=O) groups excluding carboxylic acids is 2. The molecule has 1 aromatic carbocycles. The summed E-state index contributed by atoms with van der Waals surface area (Å²) >= 11 is 0. The van der Waals surface area contributed by atoms with Gasteiger partial charge in [-0.3, -0.25) is 14.5 Å². The van der Waals surface area contributed by atoms with Crippen LogP contribution in [0.15, 0.2) is 24.3 Å². The lowest BCUT2D eigenvalue weighted by atomic mass is 9.89. The summed E-state index contributed by atoms with van der Waals surface area (Å²) in [4.78, 5) is 25.9. The second kappa shape index (κ2) is 6.26. The number of rotatable bonds is 6. The third kappa shape index (κ3) is 3.42. The number of ether oxygens (including phenoxy) is 1. The van der Waals surface area contributed by atoms with Crippen LogP contribution in [0.25, 0.3) is 0 Å². The lowest BCUT2D eigenvalue weighted by molar-refractivity contribution is -0.126. The topological polar surface area (TPSA) is 72.6 Å². The largest absolute Gasteiger partial charge is 0.493 e. The van der Waals surface area contributed by atoms with Gasteiger partial charge in [0.15, 0.2) is 5.78 Å². The minimum Gasteiger partial charge on any atom is -0.493 e. The lowest BCUT2D eigenvalue weighted by Crippen LogP contribution is -2.38. The summed E-state index contributed by atoms with van der Waals surface area (Å²) in [6.07, 6.45) is 0.697. The molecule has 1 amide bonds. The van der Waals surface area contributed by atoms with E-state index in [1.165, 1.54) is 0 Å². The van der Waals surface area contributed by atoms with Crippen molar-refractivity contribution in [3.05, 3.63) is 29.8 Å². The van der Waals surface area contributed by atoms with Crippen molar-refractivity contribution in [3.63, 3.8) is 0 Å². The van der Waals surface area contributed by atoms with Crippen molar-refractivity contribution in [3.8, 4) is 5.75 Å². The molecule has 1 aliphatic rings. The van der Waals surface area contributed by atoms with E-state index in [1.807, 2.05) is 30.9 Å². The van der Waals surface area contributed by atoms with Crippen molar-refractivity contribution in [2.24, 2.45) is 11.1 Å². The van der Waals surface area contributed by atoms with E-state index in [4.69, 9.17) is 10.5 Å². The molecule has 114 valence electrons. The van der Waals surface area contributed by atoms with Crippen molar-refractivity contribution in [1.29, 1.82) is 0 Å². The smallest absolute Gasteiger partial charge is 0.224 e. The summed E-state index contributed by atoms with van der Waals surface area (Å²) in [6.45, 7) is 5.79. The first-order valence-corrected chi connectivity index (χ1v) is 7.23. The Hall–Kier alpha value is -1.88. The maximum absolute atomic E-state index is 12.4. The number of ketones is 1. The molecule has 2 rings (SSSR count). The number of benzene rings is 1. The zero-order chi connectivity index (χ0) is 15.5. The van der Waals surface area contributed by atoms with Crippen molar-refractivity contribution in [2.75, 3.05) is 26.2 Å². The number of hydrogen-bond acceptors (Lipinski definition) is 4. The van der Waals surface area contributed by atoms with Gasteiger partial charge in [0, 0.05) is 6.54 Å². The summed E-state index contributed by atoms with van der Waals surface area (Å²) in [5, 5.41) is 0. The second-order valence-corrected chi connectivity index (χ2v) is 5.74. The molecule has 1 atom stereocenters. The molecule has 1 saturated heterocycles. The van der Waals surface area contributed by atoms with E-state index in [0.717, 1.165) is 0 Å². The standard InChI is InChI=1S/C16H22N2O3/c1-3-21-14-7-5-4-6-12(14)13(19)10-18-9-8-16(2,11-18)15(17)20/h4-7H,3,8-11H2,1-2H3,(H2,17,20). The molecule has 1 aromatic rings. The van der Waals surface area contributed by atoms with Crippen LogP contribution in [0.3, 0.4) is 0 Å². The van der Waals surface area contributed by atoms with Gasteiger partial charge in [-0.1, -0.05) is 12.1 Å². The highest BCUT2D eigenvalue weighted by molar-refractivity contribution is 6.00. The Balaban J connectivity index is 2.05. The quantitative estimate of drug-likeness (QED) is 0.805. The van der Waals surface area contributed by atoms with Crippen LogP contribution in [-0.2, 0) is 4.79 Å². The minimum atomic E-state index is -0.528. The van der Waals surface area contributed by atoms with Gasteiger partial charge in [-0.05, 0) is 38.9 Å². The van der Waals surface area contributed by atoms with E-state index >= 15 is 0 Å². The fraction of sp³-hybridized carbons (Fsp3) is 0.500. The zero-order valence-electron chi connectivity index (χ0n) is 12.6. The van der Waals surface area contributed by atoms with Crippen LogP contribution in [0.4, 0.5) is 0 Å². The van der Waals surface area contributed by atoms with Crippen LogP contribution in [0.1, 0.15) is 30.6 Å². The molecule has 5 nitrogen and oxygen atoms in total. The monoisotopic (exact) mass is 290 g/mol. The Kier molecular flexibility index (Phi) is 4.63. The SMILES string of the molecule is CCOc1ccccc1C(=O)CN1CCC(C)(C(N)=O)C1. The predicted molar refractivity (Wildman–Crippen MR) is 80.3 cm³/mol. The number of likely N-dealkylation sites (tertiary alicyclic amines) is 1. The third-order valence-electron chi connectivity index (χ3n) is 4.00. The fourth-order valence-corrected chi connectivity index (χ4v) is 2.66. The van der Waals surface area contributed by atoms with E-state index in [9.17, 15) is 9.59 Å². The van der Waals surface area contributed by atoms with Crippen LogP contribution >= 0.6 is 0 Å². The Morgan fingerprint density at radius 2 is 2.10 bits per heavy atom. The third-order valence-corrected chi connectivity index (χ3v) is 4.00. The maximum atomic E-state index is 12.4. The van der Waals surface area contributed by atoms with Crippen LogP contribution in [0.2, 0.25) is 0 Å². The van der Waals surface area contributed by atoms with Gasteiger partial charge in [0.2, 0.25) is 5.91 Å². The summed E-state index contributed by atoms with van der Waals surface area (Å²) in [5.41, 5.74) is 5.49. The van der Waals surface area contributed by atoms with Crippen molar-refractivity contribution >= 4 is 11.7 Å². The first kappa shape index (κ1) is 15.5. The van der Waals surface area contributed by atoms with Gasteiger partial charge in [0.25, 0.3) is 0 Å². The van der Waals surface area contributed by atoms with Crippen LogP contribution in [0, 0.1) is 5.41 Å². The molecule has 0 aliphatic carbocycles. The van der Waals surface area contributed by atoms with Gasteiger partial charge in [-0.15, -0.1) is 0 Å². The molecule has 0 aromatic heterocycles. The predicted octanol–water partition coefficient (Wildman–Crippen LogP) is 1.47. The second-order valence-electron chi connectivity index (χ2n) is 5.74. The van der Waals surface area contributed by atoms with Gasteiger partial charge in [-0.2, -0.15) is 0 Å². The number of amides is 1. The average Bonchev–Trinajstić information content (AvgIpc) is 2.82. The normalized spacial score (nSPS) is 22.2. The number of carbonyl (C=O) groups is 2. The molecular formula is C16H22N2O3. The highest BCUT2D eigenvalue weighted by Gasteiger charge is 2.39. The van der Waals surface area contributed by atoms with Crippen LogP contribution < -0.4 is 10.5 Å². The molecule has 0 saturated carbocycles. The van der Waals surface area contributed by atoms with Crippen LogP contribution in [-0.4, -0.2) is 42.8 Å². The number of hydrogen-bond donors (Lipinski definition) is 1. The molecule has 0 spiro atoms. The Labute approximate surface area is 125 Å². The number of para-hydroxylation sites is 1. The molecular weight excluding hydrogens is 268 g/mol. The van der Waals surface area contributed by atoms with E-state index in [0.29, 0.717) is 37.4 Å². The maximum Gasteiger partial charge on any atom is 0.224 e. The van der Waals surface area contributed by atoms with Crippen molar-refractivity contribution < 1.29 is 14.3 Å². The molecule has 21 heavy (non-hydrogen) atoms. The van der Waals surface area contributed by atoms with Gasteiger partial charge >= 0.3 is 0 Å². The summed E-state index contributed by atoms with van der Waals surface area (Å²) < 4.78 is 5.49. The van der Waals surface area contributed by atoms with Gasteiger partial charge in [0.05, 0.1) is 24.1 Å². The molecule has 2 N–H and O–H groups in total. The molecule has 5 heteroatoms. The fourth-order valence-electron chi connectivity index (χ4n) is 2.66. The Bertz CT molecular complexity index is 544. The number of nitrogens with two attached hydrogens (primary N) is 1. The van der Waals surface area contributed by atoms with E-state index in [2.05, 4.69) is 0 Å².